The number of aromatic nitrogens is 1. The summed E-state index contributed by atoms with van der Waals surface area (Å²) in [5.74, 6) is 0.696. The van der Waals surface area contributed by atoms with E-state index in [4.69, 9.17) is 0 Å². The highest BCUT2D eigenvalue weighted by Crippen LogP contribution is 2.18. The fraction of sp³-hybridized carbons (Fsp3) is 0.389. The Morgan fingerprint density at radius 3 is 2.77 bits per heavy atom. The second-order valence-electron chi connectivity index (χ2n) is 5.98. The summed E-state index contributed by atoms with van der Waals surface area (Å²) >= 11 is 1.65. The van der Waals surface area contributed by atoms with Crippen molar-refractivity contribution in [1.82, 2.24) is 20.5 Å². The Labute approximate surface area is 175 Å². The molecular weight excluding hydrogens is 461 g/mol. The van der Waals surface area contributed by atoms with Gasteiger partial charge in [-0.2, -0.15) is 0 Å². The van der Waals surface area contributed by atoms with E-state index in [-0.39, 0.29) is 36.4 Å². The lowest BCUT2D eigenvalue weighted by Crippen LogP contribution is -2.45. The van der Waals surface area contributed by atoms with Crippen LogP contribution in [-0.4, -0.2) is 41.9 Å². The molecule has 1 aliphatic rings. The minimum Gasteiger partial charge on any atom is -0.350 e. The van der Waals surface area contributed by atoms with E-state index < -0.39 is 0 Å². The van der Waals surface area contributed by atoms with E-state index >= 15 is 0 Å². The number of aliphatic imine (C=N–C) groups is 1. The zero-order valence-electron chi connectivity index (χ0n) is 15.0. The van der Waals surface area contributed by atoms with Gasteiger partial charge in [0, 0.05) is 31.2 Å². The molecule has 6 nitrogen and oxygen atoms in total. The van der Waals surface area contributed by atoms with Crippen LogP contribution < -0.4 is 10.6 Å². The molecular formula is C18H24IN5OS. The number of amides is 1. The van der Waals surface area contributed by atoms with Crippen LogP contribution in [0, 0.1) is 6.92 Å². The zero-order chi connectivity index (χ0) is 17.6. The Morgan fingerprint density at radius 2 is 2.08 bits per heavy atom. The largest absolute Gasteiger partial charge is 0.350 e. The van der Waals surface area contributed by atoms with Gasteiger partial charge in [0.1, 0.15) is 5.01 Å². The number of rotatable bonds is 4. The minimum atomic E-state index is 0. The van der Waals surface area contributed by atoms with Gasteiger partial charge in [0.25, 0.3) is 0 Å². The number of halogens is 1. The van der Waals surface area contributed by atoms with E-state index in [2.05, 4.69) is 38.8 Å². The number of aryl methyl sites for hydroxylation is 1. The number of hydrogen-bond donors (Lipinski definition) is 2. The summed E-state index contributed by atoms with van der Waals surface area (Å²) in [7, 11) is 1.70. The minimum absolute atomic E-state index is 0. The average molecular weight is 485 g/mol. The Balaban J connectivity index is 0.00000243. The van der Waals surface area contributed by atoms with Gasteiger partial charge in [0.2, 0.25) is 5.91 Å². The lowest BCUT2D eigenvalue weighted by atomic mass is 10.00. The monoisotopic (exact) mass is 485 g/mol. The summed E-state index contributed by atoms with van der Waals surface area (Å²) in [6.45, 7) is 4.31. The van der Waals surface area contributed by atoms with E-state index in [9.17, 15) is 4.79 Å². The van der Waals surface area contributed by atoms with Crippen LogP contribution in [0.4, 0.5) is 0 Å². The second kappa shape index (κ2) is 9.86. The molecule has 0 saturated carbocycles. The third-order valence-corrected chi connectivity index (χ3v) is 5.10. The molecule has 2 aromatic rings. The molecule has 140 valence electrons. The van der Waals surface area contributed by atoms with Crippen LogP contribution in [0.25, 0.3) is 0 Å². The van der Waals surface area contributed by atoms with Crippen molar-refractivity contribution in [3.63, 3.8) is 0 Å². The van der Waals surface area contributed by atoms with Crippen molar-refractivity contribution < 1.29 is 4.79 Å². The van der Waals surface area contributed by atoms with Gasteiger partial charge >= 0.3 is 0 Å². The first-order valence-electron chi connectivity index (χ1n) is 8.36. The van der Waals surface area contributed by atoms with Gasteiger partial charge in [0.15, 0.2) is 5.96 Å². The number of nitrogens with one attached hydrogen (secondary N) is 2. The molecule has 1 aromatic carbocycles. The summed E-state index contributed by atoms with van der Waals surface area (Å²) in [5.41, 5.74) is 2.58. The van der Waals surface area contributed by atoms with Crippen LogP contribution in [0.3, 0.4) is 0 Å². The number of thiazole rings is 1. The number of guanidine groups is 1. The van der Waals surface area contributed by atoms with Crippen molar-refractivity contribution in [2.45, 2.75) is 26.4 Å². The Hall–Kier alpha value is -1.68. The molecule has 0 atom stereocenters. The fourth-order valence-corrected chi connectivity index (χ4v) is 3.57. The number of carbonyl (C=O) groups is 1. The van der Waals surface area contributed by atoms with Crippen molar-refractivity contribution in [2.75, 3.05) is 20.1 Å². The van der Waals surface area contributed by atoms with Crippen LogP contribution in [0.1, 0.15) is 21.0 Å². The molecule has 0 unspecified atom stereocenters. The lowest BCUT2D eigenvalue weighted by Gasteiger charge is -2.29. The number of carbonyl (C=O) groups excluding carboxylic acids is 1. The fourth-order valence-electron chi connectivity index (χ4n) is 2.84. The third kappa shape index (κ3) is 5.41. The molecule has 1 aromatic heterocycles. The molecule has 26 heavy (non-hydrogen) atoms. The predicted molar refractivity (Wildman–Crippen MR) is 116 cm³/mol. The molecule has 2 heterocycles. The summed E-state index contributed by atoms with van der Waals surface area (Å²) in [5, 5.41) is 7.28. The van der Waals surface area contributed by atoms with E-state index in [0.717, 1.165) is 18.0 Å². The van der Waals surface area contributed by atoms with Crippen LogP contribution in [0.5, 0.6) is 0 Å². The van der Waals surface area contributed by atoms with Crippen LogP contribution >= 0.6 is 35.3 Å². The van der Waals surface area contributed by atoms with Crippen molar-refractivity contribution >= 4 is 47.2 Å². The first kappa shape index (κ1) is 20.6. The molecule has 0 spiro atoms. The normalized spacial score (nSPS) is 13.6. The molecule has 0 fully saturated rings. The van der Waals surface area contributed by atoms with Gasteiger partial charge in [-0.25, -0.2) is 4.98 Å². The highest BCUT2D eigenvalue weighted by atomic mass is 127. The third-order valence-electron chi connectivity index (χ3n) is 4.19. The van der Waals surface area contributed by atoms with Gasteiger partial charge in [-0.15, -0.1) is 35.3 Å². The number of benzene rings is 1. The van der Waals surface area contributed by atoms with Gasteiger partial charge in [-0.3, -0.25) is 9.79 Å². The smallest absolute Gasteiger partial charge is 0.242 e. The van der Waals surface area contributed by atoms with Crippen LogP contribution in [0.2, 0.25) is 0 Å². The predicted octanol–water partition coefficient (Wildman–Crippen LogP) is 2.32. The molecule has 1 amide bonds. The molecule has 0 radical (unpaired) electrons. The van der Waals surface area contributed by atoms with Crippen molar-refractivity contribution in [1.29, 1.82) is 0 Å². The lowest BCUT2D eigenvalue weighted by molar-refractivity contribution is -0.130. The van der Waals surface area contributed by atoms with Crippen LogP contribution in [-0.2, 0) is 24.3 Å². The number of nitrogens with zero attached hydrogens (tertiary/aromatic N) is 3. The van der Waals surface area contributed by atoms with Gasteiger partial charge < -0.3 is 15.5 Å². The van der Waals surface area contributed by atoms with E-state index in [1.807, 2.05) is 24.1 Å². The average Bonchev–Trinajstić information content (AvgIpc) is 3.06. The topological polar surface area (TPSA) is 69.6 Å². The highest BCUT2D eigenvalue weighted by molar-refractivity contribution is 14.0. The molecule has 0 bridgehead atoms. The van der Waals surface area contributed by atoms with E-state index in [0.29, 0.717) is 19.0 Å². The second-order valence-corrected chi connectivity index (χ2v) is 7.30. The quantitative estimate of drug-likeness (QED) is 0.397. The summed E-state index contributed by atoms with van der Waals surface area (Å²) < 4.78 is 0. The summed E-state index contributed by atoms with van der Waals surface area (Å²) in [6.07, 6.45) is 2.77. The van der Waals surface area contributed by atoms with Crippen LogP contribution in [0.15, 0.2) is 35.5 Å². The van der Waals surface area contributed by atoms with E-state index in [1.54, 1.807) is 18.4 Å². The standard InChI is InChI=1S/C18H23N5OS.HI/c1-13-9-20-16(25-13)10-21-18(19-2)22-11-17(24)23-8-7-14-5-3-4-6-15(14)12-23;/h3-6,9H,7-8,10-12H2,1-2H3,(H2,19,21,22);1H. The molecule has 0 aliphatic carbocycles. The zero-order valence-corrected chi connectivity index (χ0v) is 18.1. The first-order chi connectivity index (χ1) is 12.2. The molecule has 8 heteroatoms. The van der Waals surface area contributed by atoms with Crippen molar-refractivity contribution in [3.05, 3.63) is 51.5 Å². The Morgan fingerprint density at radius 1 is 1.31 bits per heavy atom. The maximum atomic E-state index is 12.5. The molecule has 3 rings (SSSR count). The van der Waals surface area contributed by atoms with Crippen molar-refractivity contribution in [3.8, 4) is 0 Å². The van der Waals surface area contributed by atoms with Crippen molar-refractivity contribution in [2.24, 2.45) is 4.99 Å². The molecule has 1 aliphatic heterocycles. The number of hydrogen-bond acceptors (Lipinski definition) is 4. The molecule has 2 N–H and O–H groups in total. The first-order valence-corrected chi connectivity index (χ1v) is 9.17. The maximum Gasteiger partial charge on any atom is 0.242 e. The van der Waals surface area contributed by atoms with E-state index in [1.165, 1.54) is 16.0 Å². The summed E-state index contributed by atoms with van der Waals surface area (Å²) in [6, 6.07) is 8.31. The Bertz CT molecular complexity index is 776. The highest BCUT2D eigenvalue weighted by Gasteiger charge is 2.20. The number of fused-ring (bicyclic) bond motifs is 1. The summed E-state index contributed by atoms with van der Waals surface area (Å²) in [4.78, 5) is 24.0. The molecule has 0 saturated heterocycles. The Kier molecular flexibility index (Phi) is 7.83. The van der Waals surface area contributed by atoms with Gasteiger partial charge in [-0.1, -0.05) is 24.3 Å². The SMILES string of the molecule is CN=C(NCC(=O)N1CCc2ccccc2C1)NCc1ncc(C)s1.I. The van der Waals surface area contributed by atoms with Gasteiger partial charge in [-0.05, 0) is 24.5 Å². The maximum absolute atomic E-state index is 12.5. The van der Waals surface area contributed by atoms with Gasteiger partial charge in [0.05, 0.1) is 13.1 Å².